The first-order chi connectivity index (χ1) is 9.97. The molecule has 1 aromatic rings. The number of aromatic amines is 1. The van der Waals surface area contributed by atoms with Crippen LogP contribution < -0.4 is 16.4 Å². The summed E-state index contributed by atoms with van der Waals surface area (Å²) in [5, 5.41) is 12.0. The minimum Gasteiger partial charge on any atom is -0.395 e. The van der Waals surface area contributed by atoms with Crippen LogP contribution in [0, 0.1) is 0 Å². The fourth-order valence-corrected chi connectivity index (χ4v) is 1.73. The van der Waals surface area contributed by atoms with Crippen LogP contribution in [0.4, 0.5) is 5.69 Å². The van der Waals surface area contributed by atoms with Crippen molar-refractivity contribution in [2.24, 2.45) is 0 Å². The summed E-state index contributed by atoms with van der Waals surface area (Å²) in [6.07, 6.45) is 0.191. The van der Waals surface area contributed by atoms with Crippen LogP contribution in [0.1, 0.15) is 42.4 Å². The summed E-state index contributed by atoms with van der Waals surface area (Å²) >= 11 is 0. The molecule has 2 amide bonds. The summed E-state index contributed by atoms with van der Waals surface area (Å²) in [5.41, 5.74) is 7.12. The number of anilines is 1. The molecular formula is C13H23N5O3. The van der Waals surface area contributed by atoms with E-state index in [2.05, 4.69) is 20.8 Å². The number of rotatable bonds is 8. The third kappa shape index (κ3) is 5.07. The van der Waals surface area contributed by atoms with Crippen molar-refractivity contribution < 1.29 is 14.3 Å². The van der Waals surface area contributed by atoms with Crippen molar-refractivity contribution in [2.75, 3.05) is 32.5 Å². The van der Waals surface area contributed by atoms with E-state index in [-0.39, 0.29) is 36.4 Å². The zero-order valence-electron chi connectivity index (χ0n) is 12.7. The molecule has 0 aromatic carbocycles. The molecule has 0 spiro atoms. The lowest BCUT2D eigenvalue weighted by molar-refractivity contribution is -0.121. The SMILES string of the molecule is COCCNC(=O)CCNC(=O)c1n[nH]c(C(C)C)c1N. The maximum Gasteiger partial charge on any atom is 0.273 e. The number of H-pyrrole nitrogens is 1. The second kappa shape index (κ2) is 8.25. The van der Waals surface area contributed by atoms with Crippen LogP contribution >= 0.6 is 0 Å². The number of amides is 2. The van der Waals surface area contributed by atoms with Gasteiger partial charge in [-0.05, 0) is 5.92 Å². The van der Waals surface area contributed by atoms with E-state index in [1.165, 1.54) is 0 Å². The van der Waals surface area contributed by atoms with Crippen LogP contribution in [0.25, 0.3) is 0 Å². The summed E-state index contributed by atoms with van der Waals surface area (Å²) in [5.74, 6) is -0.379. The Labute approximate surface area is 123 Å². The molecule has 0 unspecified atom stereocenters. The van der Waals surface area contributed by atoms with E-state index in [4.69, 9.17) is 10.5 Å². The van der Waals surface area contributed by atoms with Crippen LogP contribution in [0.5, 0.6) is 0 Å². The zero-order valence-corrected chi connectivity index (χ0v) is 12.7. The number of nitrogen functional groups attached to an aromatic ring is 1. The Morgan fingerprint density at radius 1 is 1.33 bits per heavy atom. The topological polar surface area (TPSA) is 122 Å². The van der Waals surface area contributed by atoms with Crippen LogP contribution in [-0.2, 0) is 9.53 Å². The van der Waals surface area contributed by atoms with Crippen molar-refractivity contribution in [1.82, 2.24) is 20.8 Å². The molecule has 1 rings (SSSR count). The van der Waals surface area contributed by atoms with Gasteiger partial charge in [-0.2, -0.15) is 5.10 Å². The van der Waals surface area contributed by atoms with Crippen LogP contribution in [0.15, 0.2) is 0 Å². The van der Waals surface area contributed by atoms with Gasteiger partial charge in [-0.3, -0.25) is 14.7 Å². The first kappa shape index (κ1) is 17.0. The minimum atomic E-state index is -0.389. The number of carbonyl (C=O) groups excluding carboxylic acids is 2. The number of ether oxygens (including phenoxy) is 1. The molecule has 0 saturated carbocycles. The Bertz CT molecular complexity index is 484. The lowest BCUT2D eigenvalue weighted by Gasteiger charge is -2.06. The molecular weight excluding hydrogens is 274 g/mol. The van der Waals surface area contributed by atoms with Crippen molar-refractivity contribution in [3.05, 3.63) is 11.4 Å². The number of aromatic nitrogens is 2. The minimum absolute atomic E-state index is 0.148. The molecule has 0 aliphatic carbocycles. The van der Waals surface area contributed by atoms with Crippen molar-refractivity contribution in [3.8, 4) is 0 Å². The highest BCUT2D eigenvalue weighted by Gasteiger charge is 2.18. The van der Waals surface area contributed by atoms with E-state index >= 15 is 0 Å². The van der Waals surface area contributed by atoms with Crippen LogP contribution in [-0.4, -0.2) is 48.8 Å². The van der Waals surface area contributed by atoms with Gasteiger partial charge in [-0.15, -0.1) is 0 Å². The van der Waals surface area contributed by atoms with Crippen molar-refractivity contribution >= 4 is 17.5 Å². The van der Waals surface area contributed by atoms with Crippen LogP contribution in [0.2, 0.25) is 0 Å². The molecule has 1 heterocycles. The van der Waals surface area contributed by atoms with Gasteiger partial charge in [0.05, 0.1) is 18.0 Å². The van der Waals surface area contributed by atoms with E-state index in [0.29, 0.717) is 18.8 Å². The average molecular weight is 297 g/mol. The molecule has 0 radical (unpaired) electrons. The monoisotopic (exact) mass is 297 g/mol. The molecule has 0 aliphatic heterocycles. The van der Waals surface area contributed by atoms with Crippen molar-refractivity contribution in [1.29, 1.82) is 0 Å². The Balaban J connectivity index is 2.39. The summed E-state index contributed by atoms with van der Waals surface area (Å²) in [7, 11) is 1.56. The lowest BCUT2D eigenvalue weighted by atomic mass is 10.1. The molecule has 5 N–H and O–H groups in total. The van der Waals surface area contributed by atoms with E-state index in [9.17, 15) is 9.59 Å². The highest BCUT2D eigenvalue weighted by Crippen LogP contribution is 2.21. The number of nitrogens with one attached hydrogen (secondary N) is 3. The standard InChI is InChI=1S/C13H23N5O3/c1-8(2)11-10(14)12(18-17-11)13(20)16-5-4-9(19)15-6-7-21-3/h8H,4-7,14H2,1-3H3,(H,15,19)(H,16,20)(H,17,18). The average Bonchev–Trinajstić information content (AvgIpc) is 2.81. The molecule has 118 valence electrons. The van der Waals surface area contributed by atoms with Gasteiger partial charge in [0.15, 0.2) is 5.69 Å². The fraction of sp³-hybridized carbons (Fsp3) is 0.615. The number of hydrogen-bond donors (Lipinski definition) is 4. The van der Waals surface area contributed by atoms with Gasteiger partial charge in [0.1, 0.15) is 0 Å². The largest absolute Gasteiger partial charge is 0.395 e. The first-order valence-corrected chi connectivity index (χ1v) is 6.85. The smallest absolute Gasteiger partial charge is 0.273 e. The molecule has 8 heteroatoms. The van der Waals surface area contributed by atoms with Gasteiger partial charge in [0, 0.05) is 26.6 Å². The molecule has 0 fully saturated rings. The number of nitrogens with zero attached hydrogens (tertiary/aromatic N) is 1. The molecule has 0 atom stereocenters. The van der Waals surface area contributed by atoms with Crippen molar-refractivity contribution in [3.63, 3.8) is 0 Å². The summed E-state index contributed by atoms with van der Waals surface area (Å²) in [4.78, 5) is 23.3. The Morgan fingerprint density at radius 3 is 2.62 bits per heavy atom. The predicted octanol–water partition coefficient (Wildman–Crippen LogP) is -0.00220. The highest BCUT2D eigenvalue weighted by atomic mass is 16.5. The maximum absolute atomic E-state index is 11.9. The third-order valence-corrected chi connectivity index (χ3v) is 2.89. The first-order valence-electron chi connectivity index (χ1n) is 6.85. The summed E-state index contributed by atoms with van der Waals surface area (Å²) < 4.78 is 4.82. The normalized spacial score (nSPS) is 10.7. The second-order valence-corrected chi connectivity index (χ2v) is 4.90. The molecule has 8 nitrogen and oxygen atoms in total. The molecule has 0 aliphatic rings. The summed E-state index contributed by atoms with van der Waals surface area (Å²) in [6.45, 7) is 5.04. The zero-order chi connectivity index (χ0) is 15.8. The van der Waals surface area contributed by atoms with E-state index < -0.39 is 0 Å². The Hall–Kier alpha value is -2.09. The fourth-order valence-electron chi connectivity index (χ4n) is 1.73. The van der Waals surface area contributed by atoms with Crippen LogP contribution in [0.3, 0.4) is 0 Å². The molecule has 0 saturated heterocycles. The highest BCUT2D eigenvalue weighted by molar-refractivity contribution is 5.97. The Morgan fingerprint density at radius 2 is 2.05 bits per heavy atom. The predicted molar refractivity (Wildman–Crippen MR) is 78.9 cm³/mol. The van der Waals surface area contributed by atoms with E-state index in [1.54, 1.807) is 7.11 Å². The third-order valence-electron chi connectivity index (χ3n) is 2.89. The number of nitrogens with two attached hydrogens (primary N) is 1. The molecule has 0 bridgehead atoms. The molecule has 1 aromatic heterocycles. The number of hydrogen-bond acceptors (Lipinski definition) is 5. The quantitative estimate of drug-likeness (QED) is 0.503. The maximum atomic E-state index is 11.9. The van der Waals surface area contributed by atoms with Gasteiger partial charge in [-0.25, -0.2) is 0 Å². The van der Waals surface area contributed by atoms with Gasteiger partial charge >= 0.3 is 0 Å². The number of methoxy groups -OCH3 is 1. The van der Waals surface area contributed by atoms with Gasteiger partial charge in [0.2, 0.25) is 5.91 Å². The van der Waals surface area contributed by atoms with Gasteiger partial charge in [-0.1, -0.05) is 13.8 Å². The number of carbonyl (C=O) groups is 2. The summed E-state index contributed by atoms with van der Waals surface area (Å²) in [6, 6.07) is 0. The molecule has 21 heavy (non-hydrogen) atoms. The van der Waals surface area contributed by atoms with Gasteiger partial charge in [0.25, 0.3) is 5.91 Å². The van der Waals surface area contributed by atoms with E-state index in [1.807, 2.05) is 13.8 Å². The second-order valence-electron chi connectivity index (χ2n) is 4.90. The lowest BCUT2D eigenvalue weighted by Crippen LogP contribution is -2.32. The van der Waals surface area contributed by atoms with E-state index in [0.717, 1.165) is 5.69 Å². The Kier molecular flexibility index (Phi) is 6.67. The van der Waals surface area contributed by atoms with Gasteiger partial charge < -0.3 is 21.1 Å². The van der Waals surface area contributed by atoms with Crippen molar-refractivity contribution in [2.45, 2.75) is 26.2 Å².